The third-order valence-electron chi connectivity index (χ3n) is 14.2. The monoisotopic (exact) mass is 1550 g/mol. The molecule has 5 rings (SSSR count). The smallest absolute Gasteiger partial charge is 0.407 e. The van der Waals surface area contributed by atoms with E-state index in [1.165, 1.54) is 22.3 Å². The lowest BCUT2D eigenvalue weighted by Gasteiger charge is -2.19. The number of nitrogens with two attached hydrogens (primary N) is 1. The molecule has 0 spiro atoms. The first-order valence-electron chi connectivity index (χ1n) is 37.5. The van der Waals surface area contributed by atoms with Crippen molar-refractivity contribution in [2.24, 2.45) is 5.73 Å². The topological polar surface area (TPSA) is 320 Å². The Bertz CT molecular complexity index is 2790. The van der Waals surface area contributed by atoms with Crippen molar-refractivity contribution in [3.8, 4) is 34.1 Å². The molecule has 0 saturated heterocycles. The highest BCUT2D eigenvalue weighted by Crippen LogP contribution is 2.44. The largest absolute Gasteiger partial charge is 0.491 e. The summed E-state index contributed by atoms with van der Waals surface area (Å²) in [6.07, 6.45) is -0.459. The minimum atomic E-state index is -0.521. The van der Waals surface area contributed by atoms with Crippen LogP contribution < -0.4 is 30.0 Å². The van der Waals surface area contributed by atoms with Crippen LogP contribution in [0.3, 0.4) is 0 Å². The van der Waals surface area contributed by atoms with Crippen molar-refractivity contribution in [1.29, 1.82) is 0 Å². The van der Waals surface area contributed by atoms with Crippen molar-refractivity contribution in [2.45, 2.75) is 58.7 Å². The molecule has 618 valence electrons. The zero-order chi connectivity index (χ0) is 78.0. The van der Waals surface area contributed by atoms with E-state index >= 15 is 0 Å². The average Bonchev–Trinajstić information content (AvgIpc) is 1.62. The zero-order valence-electron chi connectivity index (χ0n) is 65.2. The SMILES string of the molecule is CC(C)(C)OC(=O)COCCOCCOCCOCCOCCOc1ccc(OCCOCCOCCOCCOCCN)cc1.CC(C)(C)OC(=O)COCCOCCOCCOCCOCCOc1ccc(OCCOCCOCCOCCOCCNC(=O)OCC2c3ccccc3-c3ccccc32)cc1. The summed E-state index contributed by atoms with van der Waals surface area (Å²) in [6.45, 7) is 28.8. The normalized spacial score (nSPS) is 11.9. The maximum Gasteiger partial charge on any atom is 0.407 e. The van der Waals surface area contributed by atoms with Gasteiger partial charge in [-0.1, -0.05) is 48.5 Å². The Kier molecular flexibility index (Phi) is 55.8. The lowest BCUT2D eigenvalue weighted by Crippen LogP contribution is -2.29. The molecule has 4 aromatic carbocycles. The number of benzene rings is 4. The molecule has 0 heterocycles. The van der Waals surface area contributed by atoms with E-state index < -0.39 is 23.3 Å². The van der Waals surface area contributed by atoms with Crippen LogP contribution in [0.1, 0.15) is 58.6 Å². The molecule has 30 heteroatoms. The lowest BCUT2D eigenvalue weighted by atomic mass is 9.98. The molecule has 4 aromatic rings. The van der Waals surface area contributed by atoms with Crippen LogP contribution in [0.25, 0.3) is 11.1 Å². The second-order valence-electron chi connectivity index (χ2n) is 25.5. The Morgan fingerprint density at radius 1 is 0.303 bits per heavy atom. The average molecular weight is 1550 g/mol. The highest BCUT2D eigenvalue weighted by molar-refractivity contribution is 5.79. The number of hydrogen-bond donors (Lipinski definition) is 2. The number of rotatable bonds is 69. The molecule has 1 aliphatic carbocycles. The summed E-state index contributed by atoms with van der Waals surface area (Å²) in [7, 11) is 0. The number of fused-ring (bicyclic) bond motifs is 3. The van der Waals surface area contributed by atoms with Gasteiger partial charge in [0.05, 0.1) is 225 Å². The molecule has 1 amide bonds. The van der Waals surface area contributed by atoms with E-state index in [1.807, 2.05) is 114 Å². The highest BCUT2D eigenvalue weighted by Gasteiger charge is 2.29. The molecular weight excluding hydrogens is 1420 g/mol. The van der Waals surface area contributed by atoms with Crippen LogP contribution in [0.5, 0.6) is 23.0 Å². The van der Waals surface area contributed by atoms with Gasteiger partial charge in [-0.05, 0) is 112 Å². The number of hydrogen-bond acceptors (Lipinski definition) is 29. The first-order chi connectivity index (χ1) is 53.2. The first-order valence-corrected chi connectivity index (χ1v) is 37.5. The summed E-state index contributed by atoms with van der Waals surface area (Å²) in [5.74, 6) is 2.18. The fourth-order valence-electron chi connectivity index (χ4n) is 9.43. The predicted octanol–water partition coefficient (Wildman–Crippen LogP) is 7.37. The number of esters is 2. The van der Waals surface area contributed by atoms with E-state index in [9.17, 15) is 14.4 Å². The van der Waals surface area contributed by atoms with Crippen molar-refractivity contribution in [2.75, 3.05) is 284 Å². The number of alkyl carbamates (subject to hydrolysis) is 1. The molecule has 0 saturated carbocycles. The maximum atomic E-state index is 12.3. The highest BCUT2D eigenvalue weighted by atomic mass is 16.6. The van der Waals surface area contributed by atoms with E-state index in [2.05, 4.69) is 29.6 Å². The minimum absolute atomic E-state index is 0.0288. The minimum Gasteiger partial charge on any atom is -0.491 e. The summed E-state index contributed by atoms with van der Waals surface area (Å²) in [5, 5.41) is 2.74. The Morgan fingerprint density at radius 2 is 0.532 bits per heavy atom. The molecular formula is C79H124N2O28. The van der Waals surface area contributed by atoms with E-state index in [4.69, 9.17) is 124 Å². The van der Waals surface area contributed by atoms with Gasteiger partial charge in [0.2, 0.25) is 0 Å². The van der Waals surface area contributed by atoms with E-state index in [0.717, 1.165) is 23.0 Å². The van der Waals surface area contributed by atoms with Gasteiger partial charge in [0.1, 0.15) is 80.4 Å². The van der Waals surface area contributed by atoms with Crippen molar-refractivity contribution in [3.05, 3.63) is 108 Å². The van der Waals surface area contributed by atoms with E-state index in [-0.39, 0.29) is 31.7 Å². The van der Waals surface area contributed by atoms with E-state index in [1.54, 1.807) is 0 Å². The summed E-state index contributed by atoms with van der Waals surface area (Å²) in [6, 6.07) is 31.3. The number of nitrogens with one attached hydrogen (secondary N) is 1. The Hall–Kier alpha value is -6.47. The van der Waals surface area contributed by atoms with Crippen LogP contribution in [0.2, 0.25) is 0 Å². The molecule has 0 aromatic heterocycles. The first kappa shape index (κ1) is 94.9. The van der Waals surface area contributed by atoms with Crippen molar-refractivity contribution in [1.82, 2.24) is 5.32 Å². The Balaban J connectivity index is 0.000000485. The predicted molar refractivity (Wildman–Crippen MR) is 403 cm³/mol. The van der Waals surface area contributed by atoms with Gasteiger partial charge in [-0.15, -0.1) is 0 Å². The van der Waals surface area contributed by atoms with Gasteiger partial charge in [0.25, 0.3) is 0 Å². The molecule has 0 fully saturated rings. The second-order valence-corrected chi connectivity index (χ2v) is 25.5. The van der Waals surface area contributed by atoms with Gasteiger partial charge in [-0.3, -0.25) is 0 Å². The maximum absolute atomic E-state index is 12.3. The standard InChI is InChI=1S/C47H67NO15.C32H57NO13/c1-47(2,3)63-45(49)37-59-31-30-56-25-24-53-22-23-55-27-29-58-33-35-61-39-14-12-38(13-15-39)60-34-32-57-28-26-54-21-20-52-19-18-51-17-16-48-46(50)62-36-44-42-10-6-4-8-40(42)41-9-5-7-11-43(41)44;1-32(2,3)46-31(34)28-43-23-22-40-17-16-37-14-15-39-19-21-42-25-27-45-30-6-4-29(5-7-30)44-26-24-41-20-18-38-13-12-36-11-10-35-9-8-33/h4-15,44H,16-37H2,1-3H3,(H,48,50);4-7H,8-28,33H2,1-3H3. The van der Waals surface area contributed by atoms with Crippen LogP contribution in [-0.2, 0) is 109 Å². The zero-order valence-corrected chi connectivity index (χ0v) is 65.2. The van der Waals surface area contributed by atoms with Crippen LogP contribution in [0.4, 0.5) is 4.79 Å². The third kappa shape index (κ3) is 53.2. The van der Waals surface area contributed by atoms with Gasteiger partial charge in [-0.2, -0.15) is 0 Å². The third-order valence-corrected chi connectivity index (χ3v) is 14.2. The number of ether oxygens (including phenoxy) is 25. The van der Waals surface area contributed by atoms with Crippen molar-refractivity contribution >= 4 is 18.0 Å². The Morgan fingerprint density at radius 3 is 0.789 bits per heavy atom. The molecule has 1 aliphatic rings. The summed E-state index contributed by atoms with van der Waals surface area (Å²) in [4.78, 5) is 35.3. The van der Waals surface area contributed by atoms with Crippen LogP contribution >= 0.6 is 0 Å². The number of carbonyl (C=O) groups excluding carboxylic acids is 3. The van der Waals surface area contributed by atoms with Gasteiger partial charge in [0.15, 0.2) is 0 Å². The molecule has 109 heavy (non-hydrogen) atoms. The fourth-order valence-corrected chi connectivity index (χ4v) is 9.43. The van der Waals surface area contributed by atoms with E-state index in [0.29, 0.717) is 264 Å². The molecule has 0 radical (unpaired) electrons. The van der Waals surface area contributed by atoms with Crippen LogP contribution in [-0.4, -0.2) is 313 Å². The molecule has 0 bridgehead atoms. The summed E-state index contributed by atoms with van der Waals surface area (Å²) in [5.41, 5.74) is 9.05. The van der Waals surface area contributed by atoms with Crippen molar-refractivity contribution < 1.29 is 133 Å². The van der Waals surface area contributed by atoms with Gasteiger partial charge in [0, 0.05) is 19.0 Å². The number of carbonyl (C=O) groups is 3. The van der Waals surface area contributed by atoms with Crippen molar-refractivity contribution in [3.63, 3.8) is 0 Å². The summed E-state index contributed by atoms with van der Waals surface area (Å²) >= 11 is 0. The van der Waals surface area contributed by atoms with Crippen LogP contribution in [0, 0.1) is 0 Å². The quantitative estimate of drug-likeness (QED) is 0.0247. The van der Waals surface area contributed by atoms with Gasteiger partial charge < -0.3 is 129 Å². The van der Waals surface area contributed by atoms with Gasteiger partial charge >= 0.3 is 18.0 Å². The summed E-state index contributed by atoms with van der Waals surface area (Å²) < 4.78 is 137. The Labute approximate surface area is 644 Å². The molecule has 3 N–H and O–H groups in total. The molecule has 0 unspecified atom stereocenters. The number of amides is 1. The second kappa shape index (κ2) is 64.1. The molecule has 0 aliphatic heterocycles. The molecule has 30 nitrogen and oxygen atoms in total. The van der Waals surface area contributed by atoms with Gasteiger partial charge in [-0.25, -0.2) is 14.4 Å². The fraction of sp³-hybridized carbons (Fsp3) is 0.658. The molecule has 0 atom stereocenters. The lowest BCUT2D eigenvalue weighted by molar-refractivity contribution is -0.161. The van der Waals surface area contributed by atoms with Crippen LogP contribution in [0.15, 0.2) is 97.1 Å².